The number of nitrogens with one attached hydrogen (secondary N) is 3. The summed E-state index contributed by atoms with van der Waals surface area (Å²) in [4.78, 5) is 14.6. The number of hydrogen-bond donors (Lipinski definition) is 3. The molecule has 0 atom stereocenters. The average Bonchev–Trinajstić information content (AvgIpc) is 3.03. The van der Waals surface area contributed by atoms with E-state index in [4.69, 9.17) is 11.6 Å². The number of thiophene rings is 1. The van der Waals surface area contributed by atoms with Crippen LogP contribution in [0.25, 0.3) is 0 Å². The van der Waals surface area contributed by atoms with Crippen LogP contribution in [0, 0.1) is 6.92 Å². The van der Waals surface area contributed by atoms with Crippen LogP contribution >= 0.6 is 22.9 Å². The van der Waals surface area contributed by atoms with Crippen molar-refractivity contribution in [1.82, 2.24) is 15.0 Å². The fraction of sp³-hybridized carbons (Fsp3) is 0.250. The van der Waals surface area contributed by atoms with Crippen LogP contribution < -0.4 is 10.0 Å². The summed E-state index contributed by atoms with van der Waals surface area (Å²) in [6.45, 7) is 2.10. The zero-order valence-electron chi connectivity index (χ0n) is 11.1. The second-order valence-corrected chi connectivity index (χ2v) is 7.96. The van der Waals surface area contributed by atoms with E-state index in [0.717, 1.165) is 16.9 Å². The first-order valence-corrected chi connectivity index (χ1v) is 8.75. The zero-order valence-corrected chi connectivity index (χ0v) is 13.5. The number of hydrogen-bond acceptors (Lipinski definition) is 4. The Balaban J connectivity index is 1.82. The van der Waals surface area contributed by atoms with Gasteiger partial charge in [-0.05, 0) is 30.7 Å². The van der Waals surface area contributed by atoms with Gasteiger partial charge in [0.25, 0.3) is 5.91 Å². The van der Waals surface area contributed by atoms with Gasteiger partial charge in [-0.25, -0.2) is 13.1 Å². The first-order valence-electron chi connectivity index (χ1n) is 6.07. The number of carbonyl (C=O) groups is 1. The molecule has 0 aliphatic rings. The zero-order chi connectivity index (χ0) is 15.5. The molecule has 0 fully saturated rings. The SMILES string of the molecule is Cc1cc[nH]c1C(=O)NCCNS(=O)(=O)c1ccc(Cl)s1. The van der Waals surface area contributed by atoms with E-state index in [1.165, 1.54) is 12.1 Å². The predicted octanol–water partition coefficient (Wildman–Crippen LogP) is 1.75. The maximum atomic E-state index is 11.9. The molecule has 0 saturated carbocycles. The fourth-order valence-electron chi connectivity index (χ4n) is 1.65. The lowest BCUT2D eigenvalue weighted by Crippen LogP contribution is -2.34. The van der Waals surface area contributed by atoms with Crippen molar-refractivity contribution in [3.63, 3.8) is 0 Å². The van der Waals surface area contributed by atoms with Crippen LogP contribution in [0.5, 0.6) is 0 Å². The van der Waals surface area contributed by atoms with Gasteiger partial charge in [0, 0.05) is 19.3 Å². The Morgan fingerprint density at radius 2 is 2.10 bits per heavy atom. The first-order chi connectivity index (χ1) is 9.90. The van der Waals surface area contributed by atoms with Gasteiger partial charge < -0.3 is 10.3 Å². The molecule has 0 aliphatic heterocycles. The Kier molecular flexibility index (Phi) is 5.04. The van der Waals surface area contributed by atoms with E-state index in [-0.39, 0.29) is 23.2 Å². The standard InChI is InChI=1S/C12H14ClN3O3S2/c1-8-4-5-14-11(8)12(17)15-6-7-16-21(18,19)10-3-2-9(13)20-10/h2-5,14,16H,6-7H2,1H3,(H,15,17). The molecule has 0 radical (unpaired) electrons. The lowest BCUT2D eigenvalue weighted by atomic mass is 10.2. The number of halogens is 1. The third-order valence-corrected chi connectivity index (χ3v) is 5.88. The van der Waals surface area contributed by atoms with Crippen molar-refractivity contribution >= 4 is 38.9 Å². The number of H-pyrrole nitrogens is 1. The molecular formula is C12H14ClN3O3S2. The quantitative estimate of drug-likeness (QED) is 0.695. The summed E-state index contributed by atoms with van der Waals surface area (Å²) in [5.74, 6) is -0.268. The molecule has 114 valence electrons. The van der Waals surface area contributed by atoms with Gasteiger partial charge in [0.2, 0.25) is 10.0 Å². The van der Waals surface area contributed by atoms with Crippen molar-refractivity contribution in [3.8, 4) is 0 Å². The van der Waals surface area contributed by atoms with Crippen molar-refractivity contribution in [2.45, 2.75) is 11.1 Å². The van der Waals surface area contributed by atoms with E-state index in [1.54, 1.807) is 12.3 Å². The van der Waals surface area contributed by atoms with Crippen molar-refractivity contribution in [3.05, 3.63) is 40.0 Å². The van der Waals surface area contributed by atoms with Gasteiger partial charge in [0.15, 0.2) is 0 Å². The molecule has 0 aromatic carbocycles. The van der Waals surface area contributed by atoms with E-state index in [2.05, 4.69) is 15.0 Å². The summed E-state index contributed by atoms with van der Waals surface area (Å²) >= 11 is 6.69. The van der Waals surface area contributed by atoms with E-state index in [0.29, 0.717) is 10.0 Å². The van der Waals surface area contributed by atoms with Gasteiger partial charge in [-0.15, -0.1) is 11.3 Å². The lowest BCUT2D eigenvalue weighted by Gasteiger charge is -2.06. The number of rotatable bonds is 6. The minimum atomic E-state index is -3.57. The molecule has 3 N–H and O–H groups in total. The Hall–Kier alpha value is -1.35. The number of aromatic nitrogens is 1. The average molecular weight is 348 g/mol. The number of amides is 1. The summed E-state index contributed by atoms with van der Waals surface area (Å²) in [6, 6.07) is 4.75. The molecule has 6 nitrogen and oxygen atoms in total. The number of sulfonamides is 1. The smallest absolute Gasteiger partial charge is 0.268 e. The second-order valence-electron chi connectivity index (χ2n) is 4.25. The molecule has 2 heterocycles. The molecule has 2 aromatic heterocycles. The number of carbonyl (C=O) groups excluding carboxylic acids is 1. The van der Waals surface area contributed by atoms with Gasteiger partial charge in [-0.2, -0.15) is 0 Å². The molecule has 2 aromatic rings. The summed E-state index contributed by atoms with van der Waals surface area (Å²) in [7, 11) is -3.57. The van der Waals surface area contributed by atoms with Crippen LogP contribution in [0.3, 0.4) is 0 Å². The number of aromatic amines is 1. The van der Waals surface area contributed by atoms with Crippen molar-refractivity contribution in [2.24, 2.45) is 0 Å². The highest BCUT2D eigenvalue weighted by Crippen LogP contribution is 2.25. The first kappa shape index (κ1) is 16.0. The highest BCUT2D eigenvalue weighted by Gasteiger charge is 2.16. The van der Waals surface area contributed by atoms with E-state index in [1.807, 2.05) is 6.92 Å². The number of aryl methyl sites for hydroxylation is 1. The maximum Gasteiger partial charge on any atom is 0.268 e. The van der Waals surface area contributed by atoms with E-state index in [9.17, 15) is 13.2 Å². The molecule has 2 rings (SSSR count). The minimum absolute atomic E-state index is 0.101. The molecule has 9 heteroatoms. The minimum Gasteiger partial charge on any atom is -0.357 e. The second kappa shape index (κ2) is 6.61. The Morgan fingerprint density at radius 1 is 1.33 bits per heavy atom. The Bertz CT molecular complexity index is 737. The van der Waals surface area contributed by atoms with Gasteiger partial charge >= 0.3 is 0 Å². The Morgan fingerprint density at radius 3 is 2.67 bits per heavy atom. The monoisotopic (exact) mass is 347 g/mol. The molecule has 0 saturated heterocycles. The van der Waals surface area contributed by atoms with E-state index < -0.39 is 10.0 Å². The molecular weight excluding hydrogens is 334 g/mol. The van der Waals surface area contributed by atoms with E-state index >= 15 is 0 Å². The molecule has 1 amide bonds. The van der Waals surface area contributed by atoms with Gasteiger partial charge in [-0.3, -0.25) is 4.79 Å². The van der Waals surface area contributed by atoms with Crippen LogP contribution in [-0.4, -0.2) is 32.4 Å². The largest absolute Gasteiger partial charge is 0.357 e. The highest BCUT2D eigenvalue weighted by atomic mass is 35.5. The summed E-state index contributed by atoms with van der Waals surface area (Å²) in [5, 5.41) is 2.64. The Labute approximate surface area is 131 Å². The predicted molar refractivity (Wildman–Crippen MR) is 82.4 cm³/mol. The topological polar surface area (TPSA) is 91.1 Å². The van der Waals surface area contributed by atoms with Crippen molar-refractivity contribution < 1.29 is 13.2 Å². The van der Waals surface area contributed by atoms with Gasteiger partial charge in [-0.1, -0.05) is 11.6 Å². The third-order valence-electron chi connectivity index (χ3n) is 2.70. The molecule has 0 unspecified atom stereocenters. The van der Waals surface area contributed by atoms with Crippen molar-refractivity contribution in [2.75, 3.05) is 13.1 Å². The molecule has 0 bridgehead atoms. The maximum absolute atomic E-state index is 11.9. The highest BCUT2D eigenvalue weighted by molar-refractivity contribution is 7.91. The van der Waals surface area contributed by atoms with Crippen LogP contribution in [0.15, 0.2) is 28.6 Å². The lowest BCUT2D eigenvalue weighted by molar-refractivity contribution is 0.0949. The van der Waals surface area contributed by atoms with Gasteiger partial charge in [0.1, 0.15) is 9.90 Å². The summed E-state index contributed by atoms with van der Waals surface area (Å²) in [6.07, 6.45) is 1.67. The molecule has 0 aliphatic carbocycles. The van der Waals surface area contributed by atoms with Crippen LogP contribution in [0.1, 0.15) is 16.1 Å². The summed E-state index contributed by atoms with van der Waals surface area (Å²) in [5.41, 5.74) is 1.31. The normalized spacial score (nSPS) is 11.5. The summed E-state index contributed by atoms with van der Waals surface area (Å²) < 4.78 is 26.8. The van der Waals surface area contributed by atoms with Crippen molar-refractivity contribution in [1.29, 1.82) is 0 Å². The third kappa shape index (κ3) is 4.07. The van der Waals surface area contributed by atoms with Gasteiger partial charge in [0.05, 0.1) is 4.34 Å². The molecule has 0 spiro atoms. The fourth-order valence-corrected chi connectivity index (χ4v) is 4.21. The van der Waals surface area contributed by atoms with Crippen LogP contribution in [0.4, 0.5) is 0 Å². The van der Waals surface area contributed by atoms with Crippen LogP contribution in [0.2, 0.25) is 4.34 Å². The molecule has 21 heavy (non-hydrogen) atoms. The van der Waals surface area contributed by atoms with Crippen LogP contribution in [-0.2, 0) is 10.0 Å².